The van der Waals surface area contributed by atoms with E-state index in [4.69, 9.17) is 17.3 Å². The summed E-state index contributed by atoms with van der Waals surface area (Å²) in [4.78, 5) is 14.2. The Morgan fingerprint density at radius 1 is 1.12 bits per heavy atom. The van der Waals surface area contributed by atoms with Crippen LogP contribution in [0.4, 0.5) is 10.1 Å². The predicted molar refractivity (Wildman–Crippen MR) is 96.0 cm³/mol. The van der Waals surface area contributed by atoms with E-state index in [0.29, 0.717) is 42.2 Å². The van der Waals surface area contributed by atoms with Crippen LogP contribution in [0.2, 0.25) is 5.02 Å². The van der Waals surface area contributed by atoms with Gasteiger partial charge in [0, 0.05) is 18.7 Å². The van der Waals surface area contributed by atoms with Crippen LogP contribution < -0.4 is 5.73 Å². The summed E-state index contributed by atoms with van der Waals surface area (Å²) in [6, 6.07) is 12.8. The quantitative estimate of drug-likeness (QED) is 0.811. The molecule has 0 radical (unpaired) electrons. The Kier molecular flexibility index (Phi) is 4.50. The molecule has 2 aromatic carbocycles. The number of likely N-dealkylation sites (tertiary alicyclic amines) is 1. The monoisotopic (exact) mass is 346 g/mol. The summed E-state index contributed by atoms with van der Waals surface area (Å²) in [5, 5.41) is 0.509. The zero-order valence-electron chi connectivity index (χ0n) is 13.6. The Bertz CT molecular complexity index is 748. The number of nitrogens with zero attached hydrogens (tertiary/aromatic N) is 1. The summed E-state index contributed by atoms with van der Waals surface area (Å²) in [6.45, 7) is 2.52. The smallest absolute Gasteiger partial charge is 0.253 e. The van der Waals surface area contributed by atoms with Crippen LogP contribution in [0.3, 0.4) is 0 Å². The van der Waals surface area contributed by atoms with Crippen molar-refractivity contribution < 1.29 is 9.18 Å². The summed E-state index contributed by atoms with van der Waals surface area (Å²) < 4.78 is 13.9. The van der Waals surface area contributed by atoms with Crippen LogP contribution in [-0.4, -0.2) is 29.6 Å². The average molecular weight is 347 g/mol. The second kappa shape index (κ2) is 6.44. The van der Waals surface area contributed by atoms with Gasteiger partial charge in [-0.3, -0.25) is 4.79 Å². The molecule has 0 unspecified atom stereocenters. The molecule has 0 aromatic heterocycles. The molecule has 1 saturated heterocycles. The number of hydrogen-bond donors (Lipinski definition) is 1. The molecule has 1 fully saturated rings. The molecule has 0 atom stereocenters. The van der Waals surface area contributed by atoms with Gasteiger partial charge in [0.2, 0.25) is 0 Å². The van der Waals surface area contributed by atoms with Gasteiger partial charge >= 0.3 is 0 Å². The summed E-state index contributed by atoms with van der Waals surface area (Å²) in [5.74, 6) is -0.0487. The minimum absolute atomic E-state index is 0.0487. The molecule has 1 amide bonds. The second-order valence-corrected chi connectivity index (χ2v) is 6.93. The standard InChI is InChI=1S/C19H20ClFN2O/c1-19(21)8-10-23(11-9-19)18(24)14-4-2-13(3-5-14)15-6-7-17(22)16(20)12-15/h2-7,12H,8-11,22H2,1H3. The number of nitrogens with two attached hydrogens (primary N) is 1. The number of carbonyl (C=O) groups is 1. The molecule has 1 heterocycles. The molecule has 126 valence electrons. The van der Waals surface area contributed by atoms with Gasteiger partial charge in [-0.25, -0.2) is 4.39 Å². The zero-order chi connectivity index (χ0) is 17.3. The largest absolute Gasteiger partial charge is 0.398 e. The van der Waals surface area contributed by atoms with Crippen LogP contribution >= 0.6 is 11.6 Å². The molecule has 0 bridgehead atoms. The first-order valence-electron chi connectivity index (χ1n) is 7.99. The van der Waals surface area contributed by atoms with Crippen molar-refractivity contribution in [2.24, 2.45) is 0 Å². The van der Waals surface area contributed by atoms with Crippen molar-refractivity contribution in [2.75, 3.05) is 18.8 Å². The molecule has 2 N–H and O–H groups in total. The molecule has 0 spiro atoms. The highest BCUT2D eigenvalue weighted by atomic mass is 35.5. The number of anilines is 1. The van der Waals surface area contributed by atoms with Crippen molar-refractivity contribution in [2.45, 2.75) is 25.4 Å². The van der Waals surface area contributed by atoms with Crippen LogP contribution in [0.15, 0.2) is 42.5 Å². The SMILES string of the molecule is CC1(F)CCN(C(=O)c2ccc(-c3ccc(N)c(Cl)c3)cc2)CC1. The van der Waals surface area contributed by atoms with E-state index < -0.39 is 5.67 Å². The Balaban J connectivity index is 1.74. The van der Waals surface area contributed by atoms with Gasteiger partial charge in [-0.05, 0) is 55.2 Å². The van der Waals surface area contributed by atoms with Crippen LogP contribution in [0.25, 0.3) is 11.1 Å². The van der Waals surface area contributed by atoms with Gasteiger partial charge in [0.1, 0.15) is 5.67 Å². The third-order valence-corrected chi connectivity index (χ3v) is 4.89. The van der Waals surface area contributed by atoms with Crippen molar-refractivity contribution in [3.05, 3.63) is 53.1 Å². The van der Waals surface area contributed by atoms with E-state index >= 15 is 0 Å². The lowest BCUT2D eigenvalue weighted by atomic mass is 9.95. The first-order chi connectivity index (χ1) is 11.4. The lowest BCUT2D eigenvalue weighted by Gasteiger charge is -2.34. The highest BCUT2D eigenvalue weighted by molar-refractivity contribution is 6.33. The Morgan fingerprint density at radius 2 is 1.71 bits per heavy atom. The number of benzene rings is 2. The predicted octanol–water partition coefficient (Wildman–Crippen LogP) is 4.55. The van der Waals surface area contributed by atoms with Crippen LogP contribution in [-0.2, 0) is 0 Å². The first kappa shape index (κ1) is 16.8. The van der Waals surface area contributed by atoms with E-state index in [9.17, 15) is 9.18 Å². The number of piperidine rings is 1. The van der Waals surface area contributed by atoms with E-state index in [2.05, 4.69) is 0 Å². The van der Waals surface area contributed by atoms with E-state index in [1.54, 1.807) is 36.1 Å². The first-order valence-corrected chi connectivity index (χ1v) is 8.37. The van der Waals surface area contributed by atoms with Crippen molar-refractivity contribution in [1.29, 1.82) is 0 Å². The van der Waals surface area contributed by atoms with Crippen molar-refractivity contribution in [3.8, 4) is 11.1 Å². The van der Waals surface area contributed by atoms with E-state index in [1.165, 1.54) is 0 Å². The average Bonchev–Trinajstić information content (AvgIpc) is 2.57. The summed E-state index contributed by atoms with van der Waals surface area (Å²) in [7, 11) is 0. The highest BCUT2D eigenvalue weighted by Crippen LogP contribution is 2.29. The third kappa shape index (κ3) is 3.54. The molecular weight excluding hydrogens is 327 g/mol. The number of halogens is 2. The van der Waals surface area contributed by atoms with Gasteiger partial charge in [-0.1, -0.05) is 29.8 Å². The van der Waals surface area contributed by atoms with Crippen LogP contribution in [0, 0.1) is 0 Å². The molecule has 0 saturated carbocycles. The van der Waals surface area contributed by atoms with Gasteiger partial charge in [-0.2, -0.15) is 0 Å². The number of amides is 1. The fraction of sp³-hybridized carbons (Fsp3) is 0.316. The summed E-state index contributed by atoms with van der Waals surface area (Å²) in [5.41, 5.74) is 7.62. The molecule has 0 aliphatic carbocycles. The molecule has 2 aromatic rings. The van der Waals surface area contributed by atoms with Gasteiger partial charge in [0.15, 0.2) is 0 Å². The summed E-state index contributed by atoms with van der Waals surface area (Å²) in [6.07, 6.45) is 0.779. The maximum atomic E-state index is 13.9. The Labute approximate surface area is 146 Å². The maximum absolute atomic E-state index is 13.9. The number of alkyl halides is 1. The van der Waals surface area contributed by atoms with Gasteiger partial charge in [0.05, 0.1) is 10.7 Å². The van der Waals surface area contributed by atoms with Crippen LogP contribution in [0.5, 0.6) is 0 Å². The second-order valence-electron chi connectivity index (χ2n) is 6.52. The van der Waals surface area contributed by atoms with E-state index in [1.807, 2.05) is 18.2 Å². The molecule has 3 nitrogen and oxygen atoms in total. The lowest BCUT2D eigenvalue weighted by molar-refractivity contribution is 0.0504. The lowest BCUT2D eigenvalue weighted by Crippen LogP contribution is -2.43. The van der Waals surface area contributed by atoms with E-state index in [0.717, 1.165) is 11.1 Å². The minimum atomic E-state index is -1.16. The fourth-order valence-electron chi connectivity index (χ4n) is 2.87. The number of hydrogen-bond acceptors (Lipinski definition) is 2. The maximum Gasteiger partial charge on any atom is 0.253 e. The topological polar surface area (TPSA) is 46.3 Å². The molecule has 1 aliphatic heterocycles. The molecular formula is C19H20ClFN2O. The van der Waals surface area contributed by atoms with Crippen molar-refractivity contribution in [3.63, 3.8) is 0 Å². The molecule has 5 heteroatoms. The molecule has 3 rings (SSSR count). The fourth-order valence-corrected chi connectivity index (χ4v) is 3.05. The van der Waals surface area contributed by atoms with Gasteiger partial charge in [0.25, 0.3) is 5.91 Å². The van der Waals surface area contributed by atoms with Crippen molar-refractivity contribution in [1.82, 2.24) is 4.90 Å². The van der Waals surface area contributed by atoms with E-state index in [-0.39, 0.29) is 5.91 Å². The third-order valence-electron chi connectivity index (χ3n) is 4.56. The highest BCUT2D eigenvalue weighted by Gasteiger charge is 2.31. The summed E-state index contributed by atoms with van der Waals surface area (Å²) >= 11 is 6.05. The van der Waals surface area contributed by atoms with Gasteiger partial charge < -0.3 is 10.6 Å². The molecule has 24 heavy (non-hydrogen) atoms. The van der Waals surface area contributed by atoms with Crippen molar-refractivity contribution >= 4 is 23.2 Å². The van der Waals surface area contributed by atoms with Gasteiger partial charge in [-0.15, -0.1) is 0 Å². The Hall–Kier alpha value is -2.07. The Morgan fingerprint density at radius 3 is 2.29 bits per heavy atom. The molecule has 1 aliphatic rings. The number of carbonyl (C=O) groups excluding carboxylic acids is 1. The van der Waals surface area contributed by atoms with Crippen LogP contribution in [0.1, 0.15) is 30.1 Å². The minimum Gasteiger partial charge on any atom is -0.398 e. The number of nitrogen functional groups attached to an aromatic ring is 1. The number of rotatable bonds is 2. The zero-order valence-corrected chi connectivity index (χ0v) is 14.3. The normalized spacial score (nSPS) is 16.9.